The average Bonchev–Trinajstić information content (AvgIpc) is 2.46. The number of fused-ring (bicyclic) bond motifs is 1. The zero-order valence-electron chi connectivity index (χ0n) is 11.5. The van der Waals surface area contributed by atoms with Gasteiger partial charge in [0.2, 0.25) is 0 Å². The maximum absolute atomic E-state index is 6.58. The van der Waals surface area contributed by atoms with Crippen LogP contribution < -0.4 is 5.73 Å². The van der Waals surface area contributed by atoms with Gasteiger partial charge in [0, 0.05) is 23.8 Å². The molecule has 0 radical (unpaired) electrons. The average molecular weight is 254 g/mol. The normalized spacial score (nSPS) is 25.4. The number of benzene rings is 1. The minimum absolute atomic E-state index is 0.161. The van der Waals surface area contributed by atoms with Gasteiger partial charge in [-0.05, 0) is 41.7 Å². The number of pyridine rings is 1. The fourth-order valence-electron chi connectivity index (χ4n) is 3.50. The summed E-state index contributed by atoms with van der Waals surface area (Å²) >= 11 is 0. The number of nitrogens with zero attached hydrogens (tertiary/aromatic N) is 1. The zero-order valence-corrected chi connectivity index (χ0v) is 11.5. The standard InChI is InChI=1S/C17H22N2/c1-12-4-2-5-13(10-12)17(18)16-7-3-6-14-11-19-9-8-15(14)16/h3,6-9,11-13,17H,2,4-5,10,18H2,1H3. The Balaban J connectivity index is 1.95. The van der Waals surface area contributed by atoms with E-state index in [2.05, 4.69) is 36.2 Å². The molecule has 1 heterocycles. The van der Waals surface area contributed by atoms with Gasteiger partial charge in [0.05, 0.1) is 0 Å². The van der Waals surface area contributed by atoms with Gasteiger partial charge in [0.15, 0.2) is 0 Å². The molecule has 1 fully saturated rings. The summed E-state index contributed by atoms with van der Waals surface area (Å²) in [5, 5.41) is 2.46. The van der Waals surface area contributed by atoms with Crippen molar-refractivity contribution in [1.29, 1.82) is 0 Å². The van der Waals surface area contributed by atoms with E-state index in [1.54, 1.807) is 0 Å². The summed E-state index contributed by atoms with van der Waals surface area (Å²) in [6.07, 6.45) is 9.02. The van der Waals surface area contributed by atoms with Crippen LogP contribution in [-0.4, -0.2) is 4.98 Å². The van der Waals surface area contributed by atoms with E-state index in [1.807, 2.05) is 12.4 Å². The van der Waals surface area contributed by atoms with E-state index in [-0.39, 0.29) is 6.04 Å². The van der Waals surface area contributed by atoms with Crippen molar-refractivity contribution in [2.75, 3.05) is 0 Å². The highest BCUT2D eigenvalue weighted by Crippen LogP contribution is 2.37. The van der Waals surface area contributed by atoms with Crippen molar-refractivity contribution in [3.05, 3.63) is 42.2 Å². The molecular weight excluding hydrogens is 232 g/mol. The lowest BCUT2D eigenvalue weighted by atomic mass is 9.76. The predicted octanol–water partition coefficient (Wildman–Crippen LogP) is 4.06. The van der Waals surface area contributed by atoms with Gasteiger partial charge in [-0.2, -0.15) is 0 Å². The van der Waals surface area contributed by atoms with E-state index in [4.69, 9.17) is 5.73 Å². The molecule has 3 unspecified atom stereocenters. The van der Waals surface area contributed by atoms with Crippen LogP contribution in [0, 0.1) is 11.8 Å². The topological polar surface area (TPSA) is 38.9 Å². The first-order valence-electron chi connectivity index (χ1n) is 7.34. The Kier molecular flexibility index (Phi) is 3.52. The van der Waals surface area contributed by atoms with Gasteiger partial charge in [-0.3, -0.25) is 4.98 Å². The molecule has 0 saturated heterocycles. The lowest BCUT2D eigenvalue weighted by Crippen LogP contribution is -2.26. The first-order valence-corrected chi connectivity index (χ1v) is 7.34. The smallest absolute Gasteiger partial charge is 0.0346 e. The summed E-state index contributed by atoms with van der Waals surface area (Å²) in [6, 6.07) is 8.66. The van der Waals surface area contributed by atoms with Crippen LogP contribution in [0.25, 0.3) is 10.8 Å². The third-order valence-corrected chi connectivity index (χ3v) is 4.56. The van der Waals surface area contributed by atoms with Crippen molar-refractivity contribution >= 4 is 10.8 Å². The highest BCUT2D eigenvalue weighted by Gasteiger charge is 2.26. The summed E-state index contributed by atoms with van der Waals surface area (Å²) in [4.78, 5) is 4.20. The van der Waals surface area contributed by atoms with Crippen LogP contribution in [0.15, 0.2) is 36.7 Å². The third kappa shape index (κ3) is 2.50. The van der Waals surface area contributed by atoms with Gasteiger partial charge in [0.25, 0.3) is 0 Å². The Morgan fingerprint density at radius 2 is 2.16 bits per heavy atom. The summed E-state index contributed by atoms with van der Waals surface area (Å²) in [6.45, 7) is 2.35. The Hall–Kier alpha value is -1.41. The number of hydrogen-bond acceptors (Lipinski definition) is 2. The number of hydrogen-bond donors (Lipinski definition) is 1. The van der Waals surface area contributed by atoms with Gasteiger partial charge in [-0.25, -0.2) is 0 Å². The van der Waals surface area contributed by atoms with Crippen LogP contribution in [-0.2, 0) is 0 Å². The molecule has 1 aromatic heterocycles. The van der Waals surface area contributed by atoms with Crippen LogP contribution in [0.3, 0.4) is 0 Å². The molecule has 2 N–H and O–H groups in total. The fourth-order valence-corrected chi connectivity index (χ4v) is 3.50. The van der Waals surface area contributed by atoms with Gasteiger partial charge in [-0.15, -0.1) is 0 Å². The van der Waals surface area contributed by atoms with Crippen molar-refractivity contribution < 1.29 is 0 Å². The molecule has 1 aliphatic carbocycles. The molecule has 0 spiro atoms. The lowest BCUT2D eigenvalue weighted by Gasteiger charge is -2.32. The molecule has 3 rings (SSSR count). The summed E-state index contributed by atoms with van der Waals surface area (Å²) in [7, 11) is 0. The minimum Gasteiger partial charge on any atom is -0.324 e. The Bertz CT molecular complexity index is 559. The van der Waals surface area contributed by atoms with E-state index < -0.39 is 0 Å². The van der Waals surface area contributed by atoms with Crippen LogP contribution in [0.1, 0.15) is 44.2 Å². The number of nitrogens with two attached hydrogens (primary N) is 1. The number of aromatic nitrogens is 1. The van der Waals surface area contributed by atoms with Crippen LogP contribution in [0.5, 0.6) is 0 Å². The van der Waals surface area contributed by atoms with Gasteiger partial charge < -0.3 is 5.73 Å². The van der Waals surface area contributed by atoms with Crippen LogP contribution >= 0.6 is 0 Å². The molecule has 0 bridgehead atoms. The van der Waals surface area contributed by atoms with E-state index in [0.717, 1.165) is 5.92 Å². The highest BCUT2D eigenvalue weighted by atomic mass is 14.7. The summed E-state index contributed by atoms with van der Waals surface area (Å²) in [5.74, 6) is 1.45. The molecule has 2 aromatic rings. The molecule has 19 heavy (non-hydrogen) atoms. The Labute approximate surface area is 115 Å². The van der Waals surface area contributed by atoms with Crippen molar-refractivity contribution in [1.82, 2.24) is 4.98 Å². The molecule has 2 heteroatoms. The first kappa shape index (κ1) is 12.6. The van der Waals surface area contributed by atoms with Crippen LogP contribution in [0.4, 0.5) is 0 Å². The first-order chi connectivity index (χ1) is 9.25. The summed E-state index contributed by atoms with van der Waals surface area (Å²) in [5.41, 5.74) is 7.87. The molecule has 100 valence electrons. The molecule has 1 aliphatic rings. The van der Waals surface area contributed by atoms with Crippen molar-refractivity contribution in [3.8, 4) is 0 Å². The highest BCUT2D eigenvalue weighted by molar-refractivity contribution is 5.85. The zero-order chi connectivity index (χ0) is 13.2. The second kappa shape index (κ2) is 5.30. The van der Waals surface area contributed by atoms with Gasteiger partial charge in [-0.1, -0.05) is 38.0 Å². The second-order valence-electron chi connectivity index (χ2n) is 6.00. The van der Waals surface area contributed by atoms with Crippen molar-refractivity contribution in [2.45, 2.75) is 38.6 Å². The second-order valence-corrected chi connectivity index (χ2v) is 6.00. The molecular formula is C17H22N2. The minimum atomic E-state index is 0.161. The Morgan fingerprint density at radius 1 is 1.26 bits per heavy atom. The molecule has 1 saturated carbocycles. The summed E-state index contributed by atoms with van der Waals surface area (Å²) < 4.78 is 0. The molecule has 2 nitrogen and oxygen atoms in total. The molecule has 0 amide bonds. The predicted molar refractivity (Wildman–Crippen MR) is 79.8 cm³/mol. The van der Waals surface area contributed by atoms with Gasteiger partial charge >= 0.3 is 0 Å². The van der Waals surface area contributed by atoms with Crippen molar-refractivity contribution in [2.24, 2.45) is 17.6 Å². The van der Waals surface area contributed by atoms with E-state index in [9.17, 15) is 0 Å². The van der Waals surface area contributed by atoms with Crippen LogP contribution in [0.2, 0.25) is 0 Å². The largest absolute Gasteiger partial charge is 0.324 e. The quantitative estimate of drug-likeness (QED) is 0.877. The van der Waals surface area contributed by atoms with E-state index in [1.165, 1.54) is 42.0 Å². The molecule has 1 aromatic carbocycles. The third-order valence-electron chi connectivity index (χ3n) is 4.56. The number of rotatable bonds is 2. The molecule has 3 atom stereocenters. The lowest BCUT2D eigenvalue weighted by molar-refractivity contribution is 0.248. The van der Waals surface area contributed by atoms with E-state index >= 15 is 0 Å². The molecule has 0 aliphatic heterocycles. The van der Waals surface area contributed by atoms with Gasteiger partial charge in [0.1, 0.15) is 0 Å². The van der Waals surface area contributed by atoms with Crippen molar-refractivity contribution in [3.63, 3.8) is 0 Å². The fraction of sp³-hybridized carbons (Fsp3) is 0.471. The maximum atomic E-state index is 6.58. The SMILES string of the molecule is CC1CCCC(C(N)c2cccc3cnccc23)C1. The Morgan fingerprint density at radius 3 is 3.00 bits per heavy atom. The monoisotopic (exact) mass is 254 g/mol. The van der Waals surface area contributed by atoms with E-state index in [0.29, 0.717) is 5.92 Å². The maximum Gasteiger partial charge on any atom is 0.0346 e.